The van der Waals surface area contributed by atoms with E-state index in [-0.39, 0.29) is 6.10 Å². The number of ether oxygens (including phenoxy) is 2. The average molecular weight is 442 g/mol. The van der Waals surface area contributed by atoms with Crippen LogP contribution in [0.1, 0.15) is 75.5 Å². The molecule has 0 spiro atoms. The van der Waals surface area contributed by atoms with Crippen LogP contribution in [0.5, 0.6) is 0 Å². The van der Waals surface area contributed by atoms with Crippen molar-refractivity contribution in [3.8, 4) is 0 Å². The number of likely N-dealkylation sites (tertiary alicyclic amines) is 1. The number of aliphatic imine (C=N–C) groups is 1. The highest BCUT2D eigenvalue weighted by molar-refractivity contribution is 5.80. The molecule has 178 valence electrons. The van der Waals surface area contributed by atoms with Crippen LogP contribution in [0, 0.1) is 18.8 Å². The lowest BCUT2D eigenvalue weighted by atomic mass is 9.89. The van der Waals surface area contributed by atoms with Gasteiger partial charge in [-0.15, -0.1) is 0 Å². The zero-order valence-electron chi connectivity index (χ0n) is 20.2. The van der Waals surface area contributed by atoms with E-state index in [1.807, 2.05) is 0 Å². The van der Waals surface area contributed by atoms with Gasteiger partial charge in [-0.25, -0.2) is 0 Å². The van der Waals surface area contributed by atoms with Crippen LogP contribution in [0.4, 0.5) is 0 Å². The summed E-state index contributed by atoms with van der Waals surface area (Å²) in [6.07, 6.45) is 10.6. The molecule has 1 aliphatic carbocycles. The third kappa shape index (κ3) is 6.48. The Labute approximate surface area is 195 Å². The maximum atomic E-state index is 6.28. The monoisotopic (exact) mass is 441 g/mol. The number of benzene rings is 1. The van der Waals surface area contributed by atoms with Crippen LogP contribution in [-0.2, 0) is 9.47 Å². The van der Waals surface area contributed by atoms with Gasteiger partial charge in [0.25, 0.3) is 0 Å². The number of aryl methyl sites for hydroxylation is 1. The summed E-state index contributed by atoms with van der Waals surface area (Å²) in [7, 11) is 0. The highest BCUT2D eigenvalue weighted by Crippen LogP contribution is 2.34. The number of nitrogens with zero attached hydrogens (tertiary/aromatic N) is 2. The van der Waals surface area contributed by atoms with Gasteiger partial charge in [0, 0.05) is 45.3 Å². The number of nitrogens with one attached hydrogen (secondary N) is 1. The first-order valence-corrected chi connectivity index (χ1v) is 13.1. The molecule has 2 saturated heterocycles. The Balaban J connectivity index is 1.31. The average Bonchev–Trinajstić information content (AvgIpc) is 3.35. The van der Waals surface area contributed by atoms with E-state index in [9.17, 15) is 0 Å². The fraction of sp³-hybridized carbons (Fsp3) is 0.741. The molecule has 3 aliphatic rings. The van der Waals surface area contributed by atoms with Crippen molar-refractivity contribution in [1.82, 2.24) is 10.2 Å². The van der Waals surface area contributed by atoms with Gasteiger partial charge in [0.15, 0.2) is 5.96 Å². The van der Waals surface area contributed by atoms with Gasteiger partial charge in [-0.1, -0.05) is 42.7 Å². The first-order valence-electron chi connectivity index (χ1n) is 13.1. The van der Waals surface area contributed by atoms with Gasteiger partial charge in [-0.05, 0) is 63.9 Å². The largest absolute Gasteiger partial charge is 0.378 e. The van der Waals surface area contributed by atoms with Gasteiger partial charge in [-0.3, -0.25) is 4.99 Å². The molecule has 2 atom stereocenters. The van der Waals surface area contributed by atoms with Crippen LogP contribution in [-0.4, -0.2) is 56.4 Å². The number of piperidine rings is 1. The quantitative estimate of drug-likeness (QED) is 0.472. The summed E-state index contributed by atoms with van der Waals surface area (Å²) in [5, 5.41) is 3.54. The maximum Gasteiger partial charge on any atom is 0.193 e. The van der Waals surface area contributed by atoms with Gasteiger partial charge >= 0.3 is 0 Å². The van der Waals surface area contributed by atoms with Crippen LogP contribution in [0.3, 0.4) is 0 Å². The molecule has 0 radical (unpaired) electrons. The molecule has 0 bridgehead atoms. The van der Waals surface area contributed by atoms with Crippen LogP contribution >= 0.6 is 0 Å². The van der Waals surface area contributed by atoms with Crippen LogP contribution < -0.4 is 5.32 Å². The summed E-state index contributed by atoms with van der Waals surface area (Å²) in [6, 6.07) is 8.83. The van der Waals surface area contributed by atoms with Crippen molar-refractivity contribution in [2.45, 2.75) is 77.4 Å². The lowest BCUT2D eigenvalue weighted by Gasteiger charge is -2.35. The second-order valence-corrected chi connectivity index (χ2v) is 9.97. The summed E-state index contributed by atoms with van der Waals surface area (Å²) < 4.78 is 12.5. The van der Waals surface area contributed by atoms with Gasteiger partial charge in [0.2, 0.25) is 0 Å². The highest BCUT2D eigenvalue weighted by Gasteiger charge is 2.28. The number of guanidine groups is 1. The van der Waals surface area contributed by atoms with Crippen molar-refractivity contribution in [3.63, 3.8) is 0 Å². The fourth-order valence-electron chi connectivity index (χ4n) is 5.47. The van der Waals surface area contributed by atoms with Crippen molar-refractivity contribution < 1.29 is 9.47 Å². The Morgan fingerprint density at radius 3 is 2.53 bits per heavy atom. The van der Waals surface area contributed by atoms with Gasteiger partial charge in [-0.2, -0.15) is 0 Å². The fourth-order valence-corrected chi connectivity index (χ4v) is 5.47. The van der Waals surface area contributed by atoms with Crippen LogP contribution in [0.15, 0.2) is 29.3 Å². The van der Waals surface area contributed by atoms with Gasteiger partial charge in [0.05, 0.1) is 12.2 Å². The number of rotatable bonds is 7. The minimum absolute atomic E-state index is 0.158. The molecule has 0 aromatic heterocycles. The Morgan fingerprint density at radius 2 is 1.81 bits per heavy atom. The van der Waals surface area contributed by atoms with Gasteiger partial charge in [0.1, 0.15) is 0 Å². The molecule has 4 rings (SSSR count). The number of hydrogen-bond donors (Lipinski definition) is 1. The third-order valence-corrected chi connectivity index (χ3v) is 7.45. The summed E-state index contributed by atoms with van der Waals surface area (Å²) in [5.41, 5.74) is 2.59. The predicted octanol–water partition coefficient (Wildman–Crippen LogP) is 5.10. The maximum absolute atomic E-state index is 6.28. The van der Waals surface area contributed by atoms with Crippen molar-refractivity contribution in [1.29, 1.82) is 0 Å². The minimum atomic E-state index is 0.158. The van der Waals surface area contributed by atoms with Gasteiger partial charge < -0.3 is 19.7 Å². The lowest BCUT2D eigenvalue weighted by Crippen LogP contribution is -2.47. The zero-order chi connectivity index (χ0) is 22.2. The Kier molecular flexibility index (Phi) is 8.86. The first kappa shape index (κ1) is 23.6. The van der Waals surface area contributed by atoms with Crippen molar-refractivity contribution in [2.24, 2.45) is 16.8 Å². The van der Waals surface area contributed by atoms with Crippen molar-refractivity contribution in [3.05, 3.63) is 35.4 Å². The van der Waals surface area contributed by atoms with Crippen molar-refractivity contribution in [2.75, 3.05) is 39.4 Å². The molecule has 1 saturated carbocycles. The molecule has 1 N–H and O–H groups in total. The Hall–Kier alpha value is -1.59. The summed E-state index contributed by atoms with van der Waals surface area (Å²) in [6.45, 7) is 9.91. The Morgan fingerprint density at radius 1 is 1.06 bits per heavy atom. The van der Waals surface area contributed by atoms with Crippen molar-refractivity contribution >= 4 is 5.96 Å². The molecule has 2 unspecified atom stereocenters. The predicted molar refractivity (Wildman–Crippen MR) is 131 cm³/mol. The molecule has 1 aromatic rings. The molecule has 3 fully saturated rings. The zero-order valence-corrected chi connectivity index (χ0v) is 20.2. The second-order valence-electron chi connectivity index (χ2n) is 9.97. The van der Waals surface area contributed by atoms with E-state index in [2.05, 4.69) is 48.3 Å². The molecule has 5 heteroatoms. The standard InChI is InChI=1S/C27H43N3O2/c1-3-28-27(30-16-14-25(15-17-30)32-20-22-7-4-5-8-22)29-19-24-9-6-18-31-26(24)23-12-10-21(2)11-13-23/h10-13,22,24-26H,3-9,14-20H2,1-2H3,(H,28,29). The van der Waals surface area contributed by atoms with E-state index < -0.39 is 0 Å². The van der Waals surface area contributed by atoms with E-state index in [0.29, 0.717) is 12.0 Å². The molecule has 0 amide bonds. The van der Waals surface area contributed by atoms with E-state index in [4.69, 9.17) is 14.5 Å². The van der Waals surface area contributed by atoms with Crippen LogP contribution in [0.25, 0.3) is 0 Å². The van der Waals surface area contributed by atoms with E-state index in [0.717, 1.165) is 70.5 Å². The smallest absolute Gasteiger partial charge is 0.193 e. The van der Waals surface area contributed by atoms with E-state index in [1.165, 1.54) is 43.2 Å². The molecule has 2 heterocycles. The third-order valence-electron chi connectivity index (χ3n) is 7.45. The van der Waals surface area contributed by atoms with E-state index >= 15 is 0 Å². The lowest BCUT2D eigenvalue weighted by molar-refractivity contribution is -0.0251. The minimum Gasteiger partial charge on any atom is -0.378 e. The van der Waals surface area contributed by atoms with Crippen LogP contribution in [0.2, 0.25) is 0 Å². The topological polar surface area (TPSA) is 46.1 Å². The normalized spacial score (nSPS) is 25.9. The molecule has 1 aromatic carbocycles. The molecule has 2 aliphatic heterocycles. The second kappa shape index (κ2) is 12.0. The summed E-state index contributed by atoms with van der Waals surface area (Å²) in [4.78, 5) is 7.53. The molecular formula is C27H43N3O2. The van der Waals surface area contributed by atoms with E-state index in [1.54, 1.807) is 0 Å². The summed E-state index contributed by atoms with van der Waals surface area (Å²) >= 11 is 0. The molecule has 5 nitrogen and oxygen atoms in total. The highest BCUT2D eigenvalue weighted by atomic mass is 16.5. The number of hydrogen-bond acceptors (Lipinski definition) is 3. The first-order chi connectivity index (χ1) is 15.7. The summed E-state index contributed by atoms with van der Waals surface area (Å²) in [5.74, 6) is 2.31. The molecule has 32 heavy (non-hydrogen) atoms. The molecular weight excluding hydrogens is 398 g/mol. The SMILES string of the molecule is CCNC(=NCC1CCCOC1c1ccc(C)cc1)N1CCC(OCC2CCCC2)CC1. The Bertz CT molecular complexity index is 706.